The first-order chi connectivity index (χ1) is 9.56. The van der Waals surface area contributed by atoms with Crippen LogP contribution in [-0.4, -0.2) is 14.5 Å². The standard InChI is InChI=1S/C14H10Cl2FN3/c1-8(15)14-19-12-7-18-3-2-13(12)20(14)11-5-9(16)4-10(17)6-11/h2-8H,1H3. The van der Waals surface area contributed by atoms with Crippen LogP contribution in [0, 0.1) is 5.82 Å². The average molecular weight is 310 g/mol. The van der Waals surface area contributed by atoms with E-state index in [0.29, 0.717) is 22.1 Å². The summed E-state index contributed by atoms with van der Waals surface area (Å²) in [5.41, 5.74) is 2.10. The molecule has 0 fully saturated rings. The van der Waals surface area contributed by atoms with Crippen LogP contribution < -0.4 is 0 Å². The molecule has 2 aromatic heterocycles. The van der Waals surface area contributed by atoms with E-state index >= 15 is 0 Å². The van der Waals surface area contributed by atoms with Crippen molar-refractivity contribution < 1.29 is 4.39 Å². The highest BCUT2D eigenvalue weighted by Gasteiger charge is 2.17. The van der Waals surface area contributed by atoms with Gasteiger partial charge in [-0.25, -0.2) is 9.37 Å². The van der Waals surface area contributed by atoms with Crippen molar-refractivity contribution in [1.82, 2.24) is 14.5 Å². The largest absolute Gasteiger partial charge is 0.295 e. The van der Waals surface area contributed by atoms with Gasteiger partial charge in [0, 0.05) is 11.2 Å². The van der Waals surface area contributed by atoms with E-state index in [1.807, 2.05) is 13.0 Å². The van der Waals surface area contributed by atoms with Gasteiger partial charge >= 0.3 is 0 Å². The van der Waals surface area contributed by atoms with Crippen molar-refractivity contribution >= 4 is 34.2 Å². The predicted octanol–water partition coefficient (Wildman–Crippen LogP) is 4.51. The lowest BCUT2D eigenvalue weighted by molar-refractivity contribution is 0.626. The van der Waals surface area contributed by atoms with Crippen molar-refractivity contribution in [3.63, 3.8) is 0 Å². The number of aromatic nitrogens is 3. The molecule has 0 bridgehead atoms. The fraction of sp³-hybridized carbons (Fsp3) is 0.143. The van der Waals surface area contributed by atoms with Gasteiger partial charge in [-0.05, 0) is 31.2 Å². The molecule has 0 spiro atoms. The van der Waals surface area contributed by atoms with Gasteiger partial charge in [0.15, 0.2) is 0 Å². The maximum absolute atomic E-state index is 13.6. The van der Waals surface area contributed by atoms with Crippen molar-refractivity contribution in [2.24, 2.45) is 0 Å². The summed E-state index contributed by atoms with van der Waals surface area (Å²) in [7, 11) is 0. The molecule has 3 nitrogen and oxygen atoms in total. The smallest absolute Gasteiger partial charge is 0.132 e. The molecule has 0 saturated carbocycles. The fourth-order valence-corrected chi connectivity index (χ4v) is 2.52. The number of alkyl halides is 1. The molecule has 1 aromatic carbocycles. The van der Waals surface area contributed by atoms with E-state index in [0.717, 1.165) is 5.52 Å². The summed E-state index contributed by atoms with van der Waals surface area (Å²) in [5.74, 6) is 0.216. The Morgan fingerprint density at radius 3 is 2.80 bits per heavy atom. The first-order valence-corrected chi connectivity index (χ1v) is 6.80. The Kier molecular flexibility index (Phi) is 3.36. The maximum atomic E-state index is 13.6. The van der Waals surface area contributed by atoms with Gasteiger partial charge in [-0.2, -0.15) is 0 Å². The van der Waals surface area contributed by atoms with E-state index in [2.05, 4.69) is 9.97 Å². The van der Waals surface area contributed by atoms with E-state index in [-0.39, 0.29) is 5.38 Å². The molecule has 0 aliphatic heterocycles. The zero-order valence-electron chi connectivity index (χ0n) is 10.5. The number of pyridine rings is 1. The van der Waals surface area contributed by atoms with Crippen LogP contribution in [-0.2, 0) is 0 Å². The number of hydrogen-bond acceptors (Lipinski definition) is 2. The molecule has 1 unspecified atom stereocenters. The number of imidazole rings is 1. The average Bonchev–Trinajstić information content (AvgIpc) is 2.77. The number of fused-ring (bicyclic) bond motifs is 1. The fourth-order valence-electron chi connectivity index (χ4n) is 2.16. The Labute approximate surface area is 125 Å². The molecule has 0 saturated heterocycles. The molecule has 102 valence electrons. The number of rotatable bonds is 2. The molecule has 3 rings (SSSR count). The van der Waals surface area contributed by atoms with Gasteiger partial charge in [0.05, 0.1) is 22.8 Å². The highest BCUT2D eigenvalue weighted by molar-refractivity contribution is 6.30. The first-order valence-electron chi connectivity index (χ1n) is 5.99. The molecule has 1 atom stereocenters. The lowest BCUT2D eigenvalue weighted by atomic mass is 10.3. The van der Waals surface area contributed by atoms with E-state index in [1.165, 1.54) is 12.1 Å². The van der Waals surface area contributed by atoms with Gasteiger partial charge in [-0.3, -0.25) is 9.55 Å². The van der Waals surface area contributed by atoms with E-state index in [9.17, 15) is 4.39 Å². The molecule has 0 amide bonds. The third-order valence-electron chi connectivity index (χ3n) is 2.94. The number of benzene rings is 1. The third kappa shape index (κ3) is 2.25. The summed E-state index contributed by atoms with van der Waals surface area (Å²) in [4.78, 5) is 8.49. The van der Waals surface area contributed by atoms with Gasteiger partial charge in [-0.15, -0.1) is 11.6 Å². The molecule has 20 heavy (non-hydrogen) atoms. The second kappa shape index (κ2) is 5.04. The lowest BCUT2D eigenvalue weighted by Gasteiger charge is -2.11. The van der Waals surface area contributed by atoms with Crippen molar-refractivity contribution in [3.8, 4) is 5.69 Å². The molecule has 6 heteroatoms. The van der Waals surface area contributed by atoms with Crippen molar-refractivity contribution in [2.45, 2.75) is 12.3 Å². The highest BCUT2D eigenvalue weighted by Crippen LogP contribution is 2.29. The second-order valence-corrected chi connectivity index (χ2v) is 5.50. The highest BCUT2D eigenvalue weighted by atomic mass is 35.5. The number of nitrogens with zero attached hydrogens (tertiary/aromatic N) is 3. The van der Waals surface area contributed by atoms with Crippen LogP contribution in [0.4, 0.5) is 4.39 Å². The van der Waals surface area contributed by atoms with Crippen LogP contribution in [0.1, 0.15) is 18.1 Å². The summed E-state index contributed by atoms with van der Waals surface area (Å²) in [6.45, 7) is 1.81. The zero-order chi connectivity index (χ0) is 14.3. The van der Waals surface area contributed by atoms with Crippen LogP contribution in [0.25, 0.3) is 16.7 Å². The Morgan fingerprint density at radius 1 is 1.30 bits per heavy atom. The minimum Gasteiger partial charge on any atom is -0.295 e. The monoisotopic (exact) mass is 309 g/mol. The molecular weight excluding hydrogens is 300 g/mol. The Morgan fingerprint density at radius 2 is 2.10 bits per heavy atom. The van der Waals surface area contributed by atoms with Gasteiger partial charge in [0.1, 0.15) is 17.2 Å². The van der Waals surface area contributed by atoms with Gasteiger partial charge in [0.25, 0.3) is 0 Å². The molecule has 2 heterocycles. The van der Waals surface area contributed by atoms with Crippen LogP contribution in [0.2, 0.25) is 5.02 Å². The summed E-state index contributed by atoms with van der Waals surface area (Å²) in [5, 5.41) is -0.00600. The maximum Gasteiger partial charge on any atom is 0.132 e. The minimum absolute atomic E-state index is 0.323. The molecule has 0 N–H and O–H groups in total. The minimum atomic E-state index is -0.406. The van der Waals surface area contributed by atoms with Crippen LogP contribution >= 0.6 is 23.2 Å². The van der Waals surface area contributed by atoms with E-state index in [1.54, 1.807) is 23.0 Å². The predicted molar refractivity (Wildman–Crippen MR) is 78.1 cm³/mol. The number of halogens is 3. The van der Waals surface area contributed by atoms with Crippen LogP contribution in [0.5, 0.6) is 0 Å². The van der Waals surface area contributed by atoms with Gasteiger partial charge < -0.3 is 0 Å². The normalized spacial score (nSPS) is 12.8. The summed E-state index contributed by atoms with van der Waals surface area (Å²) >= 11 is 12.1. The Hall–Kier alpha value is -1.65. The third-order valence-corrected chi connectivity index (χ3v) is 3.36. The quantitative estimate of drug-likeness (QED) is 0.652. The van der Waals surface area contributed by atoms with Crippen LogP contribution in [0.3, 0.4) is 0 Å². The van der Waals surface area contributed by atoms with Crippen LogP contribution in [0.15, 0.2) is 36.7 Å². The second-order valence-electron chi connectivity index (χ2n) is 4.41. The van der Waals surface area contributed by atoms with Crippen molar-refractivity contribution in [1.29, 1.82) is 0 Å². The van der Waals surface area contributed by atoms with Gasteiger partial charge in [0.2, 0.25) is 0 Å². The molecule has 0 aliphatic rings. The summed E-state index contributed by atoms with van der Waals surface area (Å²) in [6, 6.07) is 6.14. The lowest BCUT2D eigenvalue weighted by Crippen LogP contribution is -2.02. The molecule has 3 aromatic rings. The summed E-state index contributed by atoms with van der Waals surface area (Å²) in [6.07, 6.45) is 3.31. The zero-order valence-corrected chi connectivity index (χ0v) is 12.0. The first kappa shape index (κ1) is 13.3. The molecule has 0 aliphatic carbocycles. The Balaban J connectivity index is 2.36. The topological polar surface area (TPSA) is 30.7 Å². The van der Waals surface area contributed by atoms with Crippen molar-refractivity contribution in [3.05, 3.63) is 53.3 Å². The van der Waals surface area contributed by atoms with Gasteiger partial charge in [-0.1, -0.05) is 11.6 Å². The van der Waals surface area contributed by atoms with Crippen molar-refractivity contribution in [2.75, 3.05) is 0 Å². The van der Waals surface area contributed by atoms with E-state index < -0.39 is 5.82 Å². The van der Waals surface area contributed by atoms with E-state index in [4.69, 9.17) is 23.2 Å². The Bertz CT molecular complexity index is 763. The molecular formula is C14H10Cl2FN3. The summed E-state index contributed by atoms with van der Waals surface area (Å²) < 4.78 is 15.4. The SMILES string of the molecule is CC(Cl)c1nc2cnccc2n1-c1cc(F)cc(Cl)c1. The number of hydrogen-bond donors (Lipinski definition) is 0. The molecule has 0 radical (unpaired) electrons.